The van der Waals surface area contributed by atoms with Gasteiger partial charge in [-0.25, -0.2) is 0 Å². The topological polar surface area (TPSA) is 29.5 Å². The first-order valence-electron chi connectivity index (χ1n) is 5.42. The van der Waals surface area contributed by atoms with Gasteiger partial charge in [-0.1, -0.05) is 38.1 Å². The van der Waals surface area contributed by atoms with Crippen molar-refractivity contribution < 1.29 is 9.84 Å². The molecular formula is C13H18O2. The van der Waals surface area contributed by atoms with Crippen LogP contribution in [-0.4, -0.2) is 24.9 Å². The van der Waals surface area contributed by atoms with Gasteiger partial charge < -0.3 is 9.84 Å². The summed E-state index contributed by atoms with van der Waals surface area (Å²) >= 11 is 0. The quantitative estimate of drug-likeness (QED) is 0.820. The van der Waals surface area contributed by atoms with E-state index in [0.29, 0.717) is 5.92 Å². The summed E-state index contributed by atoms with van der Waals surface area (Å²) in [5, 5.41) is 9.32. The molecule has 0 spiro atoms. The standard InChI is InChI=1S/C13H18O2/c1-13(2,9-14)12-5-3-4-10(6-12)11-7-15-8-11/h3-6,11,14H,7-9H2,1-2H3. The molecule has 0 bridgehead atoms. The Morgan fingerprint density at radius 1 is 1.40 bits per heavy atom. The number of aliphatic hydroxyl groups is 1. The smallest absolute Gasteiger partial charge is 0.0557 e. The van der Waals surface area contributed by atoms with Crippen LogP contribution in [-0.2, 0) is 10.2 Å². The van der Waals surface area contributed by atoms with Gasteiger partial charge in [0.1, 0.15) is 0 Å². The maximum absolute atomic E-state index is 9.32. The zero-order chi connectivity index (χ0) is 10.9. The Balaban J connectivity index is 2.25. The zero-order valence-electron chi connectivity index (χ0n) is 9.36. The molecule has 1 aliphatic heterocycles. The maximum Gasteiger partial charge on any atom is 0.0557 e. The zero-order valence-corrected chi connectivity index (χ0v) is 9.36. The second-order valence-electron chi connectivity index (χ2n) is 4.90. The average Bonchev–Trinajstić information content (AvgIpc) is 2.16. The molecule has 1 N–H and O–H groups in total. The Morgan fingerprint density at radius 2 is 2.13 bits per heavy atom. The number of rotatable bonds is 3. The van der Waals surface area contributed by atoms with Crippen molar-refractivity contribution in [3.8, 4) is 0 Å². The first kappa shape index (κ1) is 10.7. The molecule has 2 nitrogen and oxygen atoms in total. The molecule has 82 valence electrons. The Morgan fingerprint density at radius 3 is 2.67 bits per heavy atom. The van der Waals surface area contributed by atoms with Crippen LogP contribution in [0.2, 0.25) is 0 Å². The largest absolute Gasteiger partial charge is 0.395 e. The molecule has 0 radical (unpaired) electrons. The Bertz CT molecular complexity index is 340. The van der Waals surface area contributed by atoms with Gasteiger partial charge in [0.15, 0.2) is 0 Å². The van der Waals surface area contributed by atoms with E-state index < -0.39 is 0 Å². The van der Waals surface area contributed by atoms with Gasteiger partial charge in [0, 0.05) is 11.3 Å². The molecule has 1 saturated heterocycles. The van der Waals surface area contributed by atoms with Gasteiger partial charge in [-0.3, -0.25) is 0 Å². The monoisotopic (exact) mass is 206 g/mol. The molecule has 2 rings (SSSR count). The number of ether oxygens (including phenoxy) is 1. The second kappa shape index (κ2) is 3.95. The van der Waals surface area contributed by atoms with Crippen molar-refractivity contribution in [2.45, 2.75) is 25.2 Å². The summed E-state index contributed by atoms with van der Waals surface area (Å²) in [7, 11) is 0. The summed E-state index contributed by atoms with van der Waals surface area (Å²) < 4.78 is 5.19. The minimum Gasteiger partial charge on any atom is -0.395 e. The molecule has 0 aliphatic carbocycles. The summed E-state index contributed by atoms with van der Waals surface area (Å²) in [4.78, 5) is 0. The van der Waals surface area contributed by atoms with E-state index in [9.17, 15) is 5.11 Å². The molecule has 1 heterocycles. The predicted octanol–water partition coefficient (Wildman–Crippen LogP) is 2.07. The van der Waals surface area contributed by atoms with E-state index in [4.69, 9.17) is 4.74 Å². The highest BCUT2D eigenvalue weighted by Crippen LogP contribution is 2.29. The summed E-state index contributed by atoms with van der Waals surface area (Å²) in [6.07, 6.45) is 0. The molecule has 0 atom stereocenters. The van der Waals surface area contributed by atoms with Crippen LogP contribution in [0.15, 0.2) is 24.3 Å². The van der Waals surface area contributed by atoms with Crippen LogP contribution in [0.4, 0.5) is 0 Å². The molecule has 1 aliphatic rings. The normalized spacial score (nSPS) is 17.5. The van der Waals surface area contributed by atoms with Crippen molar-refractivity contribution in [3.05, 3.63) is 35.4 Å². The molecule has 0 unspecified atom stereocenters. The number of benzene rings is 1. The van der Waals surface area contributed by atoms with Crippen molar-refractivity contribution in [1.29, 1.82) is 0 Å². The van der Waals surface area contributed by atoms with E-state index in [0.717, 1.165) is 13.2 Å². The third kappa shape index (κ3) is 2.06. The van der Waals surface area contributed by atoms with Crippen molar-refractivity contribution in [1.82, 2.24) is 0 Å². The van der Waals surface area contributed by atoms with E-state index in [1.54, 1.807) is 0 Å². The van der Waals surface area contributed by atoms with Crippen LogP contribution in [0, 0.1) is 0 Å². The summed E-state index contributed by atoms with van der Waals surface area (Å²) in [5.41, 5.74) is 2.38. The molecular weight excluding hydrogens is 188 g/mol. The van der Waals surface area contributed by atoms with Crippen LogP contribution in [0.5, 0.6) is 0 Å². The highest BCUT2D eigenvalue weighted by atomic mass is 16.5. The van der Waals surface area contributed by atoms with Gasteiger partial charge in [-0.05, 0) is 11.1 Å². The van der Waals surface area contributed by atoms with Crippen LogP contribution >= 0.6 is 0 Å². The van der Waals surface area contributed by atoms with E-state index in [1.165, 1.54) is 11.1 Å². The molecule has 1 aromatic rings. The Kier molecular flexibility index (Phi) is 2.81. The second-order valence-corrected chi connectivity index (χ2v) is 4.90. The van der Waals surface area contributed by atoms with Crippen molar-refractivity contribution in [2.75, 3.05) is 19.8 Å². The minimum atomic E-state index is -0.152. The van der Waals surface area contributed by atoms with Gasteiger partial charge in [0.05, 0.1) is 19.8 Å². The van der Waals surface area contributed by atoms with E-state index in [-0.39, 0.29) is 12.0 Å². The summed E-state index contributed by atoms with van der Waals surface area (Å²) in [6.45, 7) is 5.97. The van der Waals surface area contributed by atoms with Crippen molar-refractivity contribution in [2.24, 2.45) is 0 Å². The number of hydrogen-bond donors (Lipinski definition) is 1. The maximum atomic E-state index is 9.32. The van der Waals surface area contributed by atoms with Crippen LogP contribution in [0.3, 0.4) is 0 Å². The molecule has 15 heavy (non-hydrogen) atoms. The van der Waals surface area contributed by atoms with E-state index in [1.807, 2.05) is 0 Å². The van der Waals surface area contributed by atoms with E-state index >= 15 is 0 Å². The first-order valence-corrected chi connectivity index (χ1v) is 5.42. The summed E-state index contributed by atoms with van der Waals surface area (Å²) in [5.74, 6) is 0.555. The van der Waals surface area contributed by atoms with E-state index in [2.05, 4.69) is 38.1 Å². The lowest BCUT2D eigenvalue weighted by atomic mass is 9.83. The van der Waals surface area contributed by atoms with Gasteiger partial charge in [-0.2, -0.15) is 0 Å². The third-order valence-electron chi connectivity index (χ3n) is 3.17. The highest BCUT2D eigenvalue weighted by molar-refractivity contribution is 5.32. The van der Waals surface area contributed by atoms with Gasteiger partial charge in [-0.15, -0.1) is 0 Å². The molecule has 0 saturated carbocycles. The fourth-order valence-electron chi connectivity index (χ4n) is 1.73. The van der Waals surface area contributed by atoms with Gasteiger partial charge in [0.25, 0.3) is 0 Å². The molecule has 0 amide bonds. The van der Waals surface area contributed by atoms with Gasteiger partial charge >= 0.3 is 0 Å². The fourth-order valence-corrected chi connectivity index (χ4v) is 1.73. The Hall–Kier alpha value is -0.860. The number of hydrogen-bond acceptors (Lipinski definition) is 2. The third-order valence-corrected chi connectivity index (χ3v) is 3.17. The molecule has 0 aromatic heterocycles. The first-order chi connectivity index (χ1) is 7.13. The highest BCUT2D eigenvalue weighted by Gasteiger charge is 2.24. The lowest BCUT2D eigenvalue weighted by Crippen LogP contribution is -2.26. The lowest BCUT2D eigenvalue weighted by Gasteiger charge is -2.29. The summed E-state index contributed by atoms with van der Waals surface area (Å²) in [6, 6.07) is 8.49. The van der Waals surface area contributed by atoms with Gasteiger partial charge in [0.2, 0.25) is 0 Å². The van der Waals surface area contributed by atoms with Crippen LogP contribution < -0.4 is 0 Å². The molecule has 1 aromatic carbocycles. The Labute approximate surface area is 90.9 Å². The number of aliphatic hydroxyl groups excluding tert-OH is 1. The predicted molar refractivity (Wildman–Crippen MR) is 60.1 cm³/mol. The van der Waals surface area contributed by atoms with Crippen molar-refractivity contribution >= 4 is 0 Å². The average molecular weight is 206 g/mol. The van der Waals surface area contributed by atoms with Crippen molar-refractivity contribution in [3.63, 3.8) is 0 Å². The van der Waals surface area contributed by atoms with Crippen LogP contribution in [0.25, 0.3) is 0 Å². The minimum absolute atomic E-state index is 0.152. The lowest BCUT2D eigenvalue weighted by molar-refractivity contribution is 0.00835. The SMILES string of the molecule is CC(C)(CO)c1cccc(C2COC2)c1. The van der Waals surface area contributed by atoms with Crippen LogP contribution in [0.1, 0.15) is 30.9 Å². The molecule has 1 fully saturated rings. The molecule has 2 heteroatoms. The fraction of sp³-hybridized carbons (Fsp3) is 0.538.